The molecule has 41 heavy (non-hydrogen) atoms. The molecule has 3 aromatic rings. The third-order valence-electron chi connectivity index (χ3n) is 7.35. The molecule has 0 saturated heterocycles. The molecule has 0 radical (unpaired) electrons. The summed E-state index contributed by atoms with van der Waals surface area (Å²) in [4.78, 5) is 28.8. The largest absolute Gasteiger partial charge is 0.497 e. The molecule has 10 heteroatoms. The highest BCUT2D eigenvalue weighted by Gasteiger charge is 2.33. The normalized spacial score (nSPS) is 14.2. The van der Waals surface area contributed by atoms with Gasteiger partial charge >= 0.3 is 0 Å². The molecule has 1 N–H and O–H groups in total. The van der Waals surface area contributed by atoms with Crippen molar-refractivity contribution in [2.24, 2.45) is 0 Å². The third kappa shape index (κ3) is 7.38. The molecule has 0 aliphatic heterocycles. The van der Waals surface area contributed by atoms with Gasteiger partial charge in [0, 0.05) is 12.6 Å². The number of nitrogens with zero attached hydrogens (tertiary/aromatic N) is 2. The van der Waals surface area contributed by atoms with Crippen molar-refractivity contribution in [1.29, 1.82) is 0 Å². The topological polar surface area (TPSA) is 105 Å². The molecule has 1 unspecified atom stereocenters. The number of carbonyl (C=O) groups is 2. The smallest absolute Gasteiger partial charge is 0.264 e. The van der Waals surface area contributed by atoms with E-state index >= 15 is 0 Å². The van der Waals surface area contributed by atoms with E-state index in [1.165, 1.54) is 24.1 Å². The van der Waals surface area contributed by atoms with Crippen LogP contribution in [0.3, 0.4) is 0 Å². The SMILES string of the molecule is COc1ccc(CN(C(=O)CN(c2ccc(OC)cc2)S(=O)(=O)c2ccccc2)C(C)C(=O)NC2CCCC2)cc1. The monoisotopic (exact) mass is 579 g/mol. The van der Waals surface area contributed by atoms with Gasteiger partial charge in [0.2, 0.25) is 11.8 Å². The lowest BCUT2D eigenvalue weighted by Crippen LogP contribution is -2.52. The predicted octanol–water partition coefficient (Wildman–Crippen LogP) is 4.38. The second kappa shape index (κ2) is 13.5. The summed E-state index contributed by atoms with van der Waals surface area (Å²) in [6, 6.07) is 20.9. The summed E-state index contributed by atoms with van der Waals surface area (Å²) in [6.07, 6.45) is 3.93. The van der Waals surface area contributed by atoms with E-state index in [0.717, 1.165) is 35.6 Å². The average molecular weight is 580 g/mol. The van der Waals surface area contributed by atoms with Gasteiger partial charge in [0.25, 0.3) is 10.0 Å². The van der Waals surface area contributed by atoms with Crippen molar-refractivity contribution in [1.82, 2.24) is 10.2 Å². The van der Waals surface area contributed by atoms with Crippen LogP contribution in [-0.2, 0) is 26.2 Å². The lowest BCUT2D eigenvalue weighted by Gasteiger charge is -2.32. The molecule has 3 aromatic carbocycles. The van der Waals surface area contributed by atoms with Crippen LogP contribution in [0.2, 0.25) is 0 Å². The zero-order chi connectivity index (χ0) is 29.4. The first-order valence-corrected chi connectivity index (χ1v) is 15.1. The van der Waals surface area contributed by atoms with E-state index in [4.69, 9.17) is 9.47 Å². The van der Waals surface area contributed by atoms with E-state index in [9.17, 15) is 18.0 Å². The van der Waals surface area contributed by atoms with Gasteiger partial charge in [0.15, 0.2) is 0 Å². The van der Waals surface area contributed by atoms with Crippen molar-refractivity contribution in [3.63, 3.8) is 0 Å². The summed E-state index contributed by atoms with van der Waals surface area (Å²) in [5.74, 6) is 0.444. The van der Waals surface area contributed by atoms with Crippen LogP contribution in [-0.4, -0.2) is 58.0 Å². The first-order chi connectivity index (χ1) is 19.7. The molecule has 9 nitrogen and oxygen atoms in total. The quantitative estimate of drug-likeness (QED) is 0.342. The van der Waals surface area contributed by atoms with Crippen LogP contribution >= 0.6 is 0 Å². The van der Waals surface area contributed by atoms with Gasteiger partial charge in [-0.2, -0.15) is 0 Å². The molecule has 2 amide bonds. The van der Waals surface area contributed by atoms with Gasteiger partial charge in [-0.05, 0) is 73.9 Å². The second-order valence-corrected chi connectivity index (χ2v) is 11.9. The van der Waals surface area contributed by atoms with Crippen molar-refractivity contribution in [3.05, 3.63) is 84.4 Å². The van der Waals surface area contributed by atoms with Crippen molar-refractivity contribution in [2.75, 3.05) is 25.1 Å². The number of rotatable bonds is 12. The van der Waals surface area contributed by atoms with Gasteiger partial charge < -0.3 is 19.7 Å². The van der Waals surface area contributed by atoms with Crippen LogP contribution < -0.4 is 19.1 Å². The number of ether oxygens (including phenoxy) is 2. The highest BCUT2D eigenvalue weighted by atomic mass is 32.2. The number of anilines is 1. The molecule has 1 aliphatic rings. The Kier molecular flexibility index (Phi) is 9.88. The Hall–Kier alpha value is -4.05. The van der Waals surface area contributed by atoms with Gasteiger partial charge in [-0.1, -0.05) is 43.2 Å². The lowest BCUT2D eigenvalue weighted by molar-refractivity contribution is -0.139. The summed E-state index contributed by atoms with van der Waals surface area (Å²) in [6.45, 7) is 1.29. The molecule has 1 atom stereocenters. The number of amides is 2. The van der Waals surface area contributed by atoms with E-state index in [1.807, 2.05) is 12.1 Å². The number of sulfonamides is 1. The number of hydrogen-bond donors (Lipinski definition) is 1. The summed E-state index contributed by atoms with van der Waals surface area (Å²) in [7, 11) is -1.03. The minimum Gasteiger partial charge on any atom is -0.497 e. The fourth-order valence-corrected chi connectivity index (χ4v) is 6.33. The summed E-state index contributed by atoms with van der Waals surface area (Å²) in [5.41, 5.74) is 1.08. The highest BCUT2D eigenvalue weighted by Crippen LogP contribution is 2.27. The second-order valence-electron chi connectivity index (χ2n) is 10.1. The molecule has 4 rings (SSSR count). The molecule has 0 heterocycles. The Bertz CT molecular complexity index is 1410. The fourth-order valence-electron chi connectivity index (χ4n) is 4.90. The number of methoxy groups -OCH3 is 2. The number of nitrogens with one attached hydrogen (secondary N) is 1. The number of carbonyl (C=O) groups excluding carboxylic acids is 2. The van der Waals surface area contributed by atoms with Crippen molar-refractivity contribution >= 4 is 27.5 Å². The van der Waals surface area contributed by atoms with Crippen molar-refractivity contribution in [3.8, 4) is 11.5 Å². The molecule has 1 fully saturated rings. The lowest BCUT2D eigenvalue weighted by atomic mass is 10.1. The van der Waals surface area contributed by atoms with Crippen LogP contribution in [0.4, 0.5) is 5.69 Å². The maximum Gasteiger partial charge on any atom is 0.264 e. The first-order valence-electron chi connectivity index (χ1n) is 13.7. The van der Waals surface area contributed by atoms with Crippen LogP contribution in [0.1, 0.15) is 38.2 Å². The molecule has 0 aromatic heterocycles. The first kappa shape index (κ1) is 29.9. The van der Waals surface area contributed by atoms with Gasteiger partial charge in [-0.3, -0.25) is 13.9 Å². The van der Waals surface area contributed by atoms with Crippen LogP contribution in [0.25, 0.3) is 0 Å². The Balaban J connectivity index is 1.67. The van der Waals surface area contributed by atoms with Gasteiger partial charge in [0.05, 0.1) is 24.8 Å². The Labute approximate surface area is 242 Å². The summed E-state index contributed by atoms with van der Waals surface area (Å²) >= 11 is 0. The number of hydrogen-bond acceptors (Lipinski definition) is 6. The summed E-state index contributed by atoms with van der Waals surface area (Å²) < 4.78 is 39.2. The van der Waals surface area contributed by atoms with E-state index in [1.54, 1.807) is 68.6 Å². The van der Waals surface area contributed by atoms with Crippen molar-refractivity contribution in [2.45, 2.75) is 56.1 Å². The zero-order valence-electron chi connectivity index (χ0n) is 23.7. The van der Waals surface area contributed by atoms with E-state index in [2.05, 4.69) is 5.32 Å². The van der Waals surface area contributed by atoms with Gasteiger partial charge in [-0.25, -0.2) is 8.42 Å². The molecule has 1 aliphatic carbocycles. The minimum atomic E-state index is -4.12. The third-order valence-corrected chi connectivity index (χ3v) is 9.14. The van der Waals surface area contributed by atoms with Crippen LogP contribution in [0, 0.1) is 0 Å². The highest BCUT2D eigenvalue weighted by molar-refractivity contribution is 7.92. The van der Waals surface area contributed by atoms with Gasteiger partial charge in [-0.15, -0.1) is 0 Å². The van der Waals surface area contributed by atoms with Crippen molar-refractivity contribution < 1.29 is 27.5 Å². The molecule has 0 bridgehead atoms. The fraction of sp³-hybridized carbons (Fsp3) is 0.355. The van der Waals surface area contributed by atoms with Crippen LogP contribution in [0.15, 0.2) is 83.8 Å². The molecular formula is C31H37N3O6S. The number of benzene rings is 3. The van der Waals surface area contributed by atoms with E-state index < -0.39 is 28.5 Å². The molecule has 218 valence electrons. The minimum absolute atomic E-state index is 0.0531. The Morgan fingerprint density at radius 2 is 1.44 bits per heavy atom. The molecular weight excluding hydrogens is 542 g/mol. The summed E-state index contributed by atoms with van der Waals surface area (Å²) in [5, 5.41) is 3.07. The Morgan fingerprint density at radius 1 is 0.878 bits per heavy atom. The maximum absolute atomic E-state index is 14.0. The predicted molar refractivity (Wildman–Crippen MR) is 157 cm³/mol. The standard InChI is InChI=1S/C31H37N3O6S/c1-23(31(36)32-25-9-7-8-10-25)33(21-24-13-17-27(39-2)18-14-24)30(35)22-34(26-15-19-28(40-3)20-16-26)41(37,38)29-11-5-4-6-12-29/h4-6,11-20,23,25H,7-10,21-22H2,1-3H3,(H,32,36). The molecule has 0 spiro atoms. The van der Waals surface area contributed by atoms with Crippen LogP contribution in [0.5, 0.6) is 11.5 Å². The Morgan fingerprint density at radius 3 is 2.00 bits per heavy atom. The zero-order valence-corrected chi connectivity index (χ0v) is 24.5. The average Bonchev–Trinajstić information content (AvgIpc) is 3.52. The van der Waals surface area contributed by atoms with E-state index in [0.29, 0.717) is 17.2 Å². The van der Waals surface area contributed by atoms with Gasteiger partial charge in [0.1, 0.15) is 24.1 Å². The van der Waals surface area contributed by atoms with E-state index in [-0.39, 0.29) is 23.4 Å². The maximum atomic E-state index is 14.0. The molecule has 1 saturated carbocycles.